The van der Waals surface area contributed by atoms with Crippen molar-refractivity contribution in [3.8, 4) is 5.06 Å². The lowest BCUT2D eigenvalue weighted by Crippen LogP contribution is -2.38. The Kier molecular flexibility index (Phi) is 8.30. The Morgan fingerprint density at radius 3 is 2.35 bits per heavy atom. The van der Waals surface area contributed by atoms with E-state index in [2.05, 4.69) is 4.90 Å². The molecule has 34 heavy (non-hydrogen) atoms. The minimum atomic E-state index is -1.55. The quantitative estimate of drug-likeness (QED) is 0.417. The van der Waals surface area contributed by atoms with E-state index in [0.717, 1.165) is 24.8 Å². The minimum Gasteiger partial charge on any atom is -0.545 e. The number of nitrogens with zero attached hydrogens (tertiary/aromatic N) is 1. The van der Waals surface area contributed by atoms with E-state index in [9.17, 15) is 33.8 Å². The number of thiophene rings is 1. The molecule has 1 unspecified atom stereocenters. The Morgan fingerprint density at radius 2 is 1.79 bits per heavy atom. The van der Waals surface area contributed by atoms with Crippen LogP contribution in [0.25, 0.3) is 0 Å². The average Bonchev–Trinajstić information content (AvgIpc) is 3.54. The third-order valence-corrected chi connectivity index (χ3v) is 6.40. The molecule has 1 atom stereocenters. The lowest BCUT2D eigenvalue weighted by molar-refractivity contribution is -0.301. The Balaban J connectivity index is 0.000000350. The molecule has 1 fully saturated rings. The summed E-state index contributed by atoms with van der Waals surface area (Å²) in [6, 6.07) is 7.89. The number of carboxylic acid groups (broad SMARTS) is 2. The lowest BCUT2D eigenvalue weighted by atomic mass is 9.95. The minimum absolute atomic E-state index is 0.0556. The molecular weight excluding hydrogens is 465 g/mol. The molecule has 0 spiro atoms. The van der Waals surface area contributed by atoms with Crippen LogP contribution in [-0.4, -0.2) is 35.1 Å². The summed E-state index contributed by atoms with van der Waals surface area (Å²) in [5.74, 6) is -3.59. The van der Waals surface area contributed by atoms with Gasteiger partial charge in [0.15, 0.2) is 10.8 Å². The van der Waals surface area contributed by atoms with Crippen molar-refractivity contribution in [2.75, 3.05) is 6.54 Å². The molecule has 1 saturated carbocycles. The summed E-state index contributed by atoms with van der Waals surface area (Å²) in [4.78, 5) is 46.2. The van der Waals surface area contributed by atoms with Crippen molar-refractivity contribution in [1.29, 1.82) is 0 Å². The number of benzene rings is 1. The zero-order chi connectivity index (χ0) is 24.8. The summed E-state index contributed by atoms with van der Waals surface area (Å²) in [6.07, 6.45) is 3.34. The summed E-state index contributed by atoms with van der Waals surface area (Å²) >= 11 is 1.47. The highest BCUT2D eigenvalue weighted by molar-refractivity contribution is 7.14. The van der Waals surface area contributed by atoms with Crippen molar-refractivity contribution >= 4 is 35.0 Å². The van der Waals surface area contributed by atoms with Crippen LogP contribution in [0.1, 0.15) is 41.8 Å². The third kappa shape index (κ3) is 6.82. The fourth-order valence-corrected chi connectivity index (χ4v) is 4.74. The Labute approximate surface area is 199 Å². The first-order chi connectivity index (χ1) is 16.2. The van der Waals surface area contributed by atoms with Crippen LogP contribution in [0.3, 0.4) is 0 Å². The molecule has 0 N–H and O–H groups in total. The first kappa shape index (κ1) is 25.3. The standard InChI is InChI=1S/C20H20FNO3S.C4H4O4/c1-12(23)25-18-10-14-11-22(9-8-17(14)26-18)19(20(24)13-6-7-13)15-4-2-3-5-16(15)21;5-3(6)1-2-4(7)8/h2-5,10,13,19H,6-9,11H2,1H3;1-2H,(H,5,6)(H,7,8)/p-2/b;2-1-. The van der Waals surface area contributed by atoms with Crippen molar-refractivity contribution in [2.24, 2.45) is 5.92 Å². The molecule has 0 amide bonds. The van der Waals surface area contributed by atoms with Crippen LogP contribution in [0.15, 0.2) is 42.5 Å². The van der Waals surface area contributed by atoms with Crippen LogP contribution in [0.4, 0.5) is 4.39 Å². The molecule has 1 aliphatic carbocycles. The normalized spacial score (nSPS) is 16.2. The fraction of sp³-hybridized carbons (Fsp3) is 0.333. The van der Waals surface area contributed by atoms with E-state index < -0.39 is 18.0 Å². The zero-order valence-corrected chi connectivity index (χ0v) is 19.1. The average molecular weight is 488 g/mol. The molecule has 2 heterocycles. The first-order valence-electron chi connectivity index (χ1n) is 10.6. The predicted molar refractivity (Wildman–Crippen MR) is 116 cm³/mol. The highest BCUT2D eigenvalue weighted by Gasteiger charge is 2.40. The number of hydrogen-bond acceptors (Lipinski definition) is 9. The van der Waals surface area contributed by atoms with E-state index in [1.807, 2.05) is 6.07 Å². The van der Waals surface area contributed by atoms with Gasteiger partial charge in [-0.2, -0.15) is 0 Å². The maximum Gasteiger partial charge on any atom is 0.308 e. The summed E-state index contributed by atoms with van der Waals surface area (Å²) in [7, 11) is 0. The number of rotatable bonds is 7. The van der Waals surface area contributed by atoms with Crippen molar-refractivity contribution < 1.29 is 38.5 Å². The fourth-order valence-electron chi connectivity index (χ4n) is 3.69. The van der Waals surface area contributed by atoms with Gasteiger partial charge in [0.25, 0.3) is 0 Å². The summed E-state index contributed by atoms with van der Waals surface area (Å²) in [6.45, 7) is 2.63. The third-order valence-electron chi connectivity index (χ3n) is 5.29. The molecule has 1 aliphatic heterocycles. The molecule has 8 nitrogen and oxygen atoms in total. The number of hydrogen-bond donors (Lipinski definition) is 0. The maximum atomic E-state index is 14.4. The number of carbonyl (C=O) groups is 4. The van der Waals surface area contributed by atoms with Gasteiger partial charge in [-0.1, -0.05) is 18.2 Å². The van der Waals surface area contributed by atoms with Gasteiger partial charge >= 0.3 is 5.97 Å². The summed E-state index contributed by atoms with van der Waals surface area (Å²) < 4.78 is 19.6. The van der Waals surface area contributed by atoms with Gasteiger partial charge in [-0.05, 0) is 49.1 Å². The number of esters is 1. The molecule has 1 aromatic carbocycles. The molecule has 2 aliphatic rings. The largest absolute Gasteiger partial charge is 0.545 e. The Bertz CT molecular complexity index is 1110. The number of halogens is 1. The van der Waals surface area contributed by atoms with E-state index in [1.165, 1.54) is 29.2 Å². The number of ketones is 1. The van der Waals surface area contributed by atoms with E-state index in [4.69, 9.17) is 4.74 Å². The zero-order valence-electron chi connectivity index (χ0n) is 18.3. The van der Waals surface area contributed by atoms with Gasteiger partial charge < -0.3 is 24.5 Å². The first-order valence-corrected chi connectivity index (χ1v) is 11.4. The highest BCUT2D eigenvalue weighted by Crippen LogP contribution is 2.41. The van der Waals surface area contributed by atoms with Crippen molar-refractivity contribution in [2.45, 2.75) is 38.8 Å². The van der Waals surface area contributed by atoms with E-state index >= 15 is 0 Å². The van der Waals surface area contributed by atoms with Crippen molar-refractivity contribution in [3.05, 3.63) is 64.3 Å². The van der Waals surface area contributed by atoms with Crippen LogP contribution >= 0.6 is 11.3 Å². The number of carboxylic acids is 2. The number of ether oxygens (including phenoxy) is 1. The molecular formula is C24H22FNO7S-2. The van der Waals surface area contributed by atoms with Crippen LogP contribution in [-0.2, 0) is 32.1 Å². The SMILES string of the molecule is CC(=O)Oc1cc2c(s1)CCN(C(C(=O)C1CC1)c1ccccc1F)C2.O=C([O-])/C=C\C(=O)[O-]. The van der Waals surface area contributed by atoms with Gasteiger partial charge in [0.2, 0.25) is 0 Å². The predicted octanol–water partition coefficient (Wildman–Crippen LogP) is 0.933. The second-order valence-corrected chi connectivity index (χ2v) is 9.00. The van der Waals surface area contributed by atoms with Gasteiger partial charge in [-0.3, -0.25) is 14.5 Å². The van der Waals surface area contributed by atoms with Gasteiger partial charge in [-0.25, -0.2) is 4.39 Å². The summed E-state index contributed by atoms with van der Waals surface area (Å²) in [5.41, 5.74) is 1.52. The second kappa shape index (κ2) is 11.2. The monoisotopic (exact) mass is 487 g/mol. The van der Waals surface area contributed by atoms with Gasteiger partial charge in [0.1, 0.15) is 5.82 Å². The van der Waals surface area contributed by atoms with Crippen LogP contribution in [0, 0.1) is 11.7 Å². The number of carbonyl (C=O) groups excluding carboxylic acids is 4. The van der Waals surface area contributed by atoms with Crippen LogP contribution in [0.5, 0.6) is 5.06 Å². The molecule has 180 valence electrons. The van der Waals surface area contributed by atoms with Crippen LogP contribution in [0.2, 0.25) is 0 Å². The number of Topliss-reactive ketones (excluding diaryl/α,β-unsaturated/α-hetero) is 1. The highest BCUT2D eigenvalue weighted by atomic mass is 32.1. The van der Waals surface area contributed by atoms with Crippen LogP contribution < -0.4 is 14.9 Å². The summed E-state index contributed by atoms with van der Waals surface area (Å²) in [5, 5.41) is 19.4. The second-order valence-electron chi connectivity index (χ2n) is 7.90. The van der Waals surface area contributed by atoms with Crippen molar-refractivity contribution in [1.82, 2.24) is 4.90 Å². The van der Waals surface area contributed by atoms with Crippen molar-refractivity contribution in [3.63, 3.8) is 0 Å². The number of aliphatic carboxylic acids is 2. The molecule has 4 rings (SSSR count). The smallest absolute Gasteiger partial charge is 0.308 e. The Morgan fingerprint density at radius 1 is 1.15 bits per heavy atom. The van der Waals surface area contributed by atoms with E-state index in [-0.39, 0.29) is 23.5 Å². The topological polar surface area (TPSA) is 127 Å². The molecule has 10 heteroatoms. The van der Waals surface area contributed by atoms with Gasteiger partial charge in [-0.15, -0.1) is 11.3 Å². The molecule has 0 radical (unpaired) electrons. The Hall–Kier alpha value is -3.37. The van der Waals surface area contributed by atoms with Gasteiger partial charge in [0, 0.05) is 36.4 Å². The van der Waals surface area contributed by atoms with E-state index in [0.29, 0.717) is 35.9 Å². The lowest BCUT2D eigenvalue weighted by Gasteiger charge is -2.34. The van der Waals surface area contributed by atoms with E-state index in [1.54, 1.807) is 18.2 Å². The molecule has 0 bridgehead atoms. The van der Waals surface area contributed by atoms with Gasteiger partial charge in [0.05, 0.1) is 18.0 Å². The molecule has 1 aromatic heterocycles. The molecule has 0 saturated heterocycles. The molecule has 2 aromatic rings. The maximum absolute atomic E-state index is 14.4. The number of fused-ring (bicyclic) bond motifs is 1.